The highest BCUT2D eigenvalue weighted by molar-refractivity contribution is 5.93. The Balaban J connectivity index is 3.47. The molecular formula is C10H10O3. The molecule has 1 rings (SSSR count). The zero-order chi connectivity index (χ0) is 10.0. The topological polar surface area (TPSA) is 57.5 Å². The Hall–Kier alpha value is -1.77. The summed E-state index contributed by atoms with van der Waals surface area (Å²) in [5.41, 5.74) is 1.16. The van der Waals surface area contributed by atoms with Crippen LogP contribution in [-0.4, -0.2) is 16.2 Å². The van der Waals surface area contributed by atoms with E-state index in [4.69, 9.17) is 5.11 Å². The summed E-state index contributed by atoms with van der Waals surface area (Å²) in [6.45, 7) is 5.15. The summed E-state index contributed by atoms with van der Waals surface area (Å²) in [5, 5.41) is 18.1. The molecule has 0 aromatic heterocycles. The fraction of sp³-hybridized carbons (Fsp3) is 0.100. The summed E-state index contributed by atoms with van der Waals surface area (Å²) in [4.78, 5) is 10.7. The summed E-state index contributed by atoms with van der Waals surface area (Å²) >= 11 is 0. The van der Waals surface area contributed by atoms with Crippen molar-refractivity contribution in [1.29, 1.82) is 0 Å². The first kappa shape index (κ1) is 9.32. The van der Waals surface area contributed by atoms with E-state index in [0.29, 0.717) is 11.1 Å². The Bertz CT molecular complexity index is 367. The van der Waals surface area contributed by atoms with E-state index < -0.39 is 5.97 Å². The molecule has 0 aliphatic rings. The van der Waals surface area contributed by atoms with E-state index in [-0.39, 0.29) is 11.3 Å². The predicted octanol–water partition coefficient (Wildman–Crippen LogP) is 2.04. The maximum absolute atomic E-state index is 10.7. The number of hydrogen-bond donors (Lipinski definition) is 2. The van der Waals surface area contributed by atoms with Gasteiger partial charge in [0.25, 0.3) is 0 Å². The quantitative estimate of drug-likeness (QED) is 0.728. The lowest BCUT2D eigenvalue weighted by Gasteiger charge is -2.06. The van der Waals surface area contributed by atoms with Gasteiger partial charge in [0.05, 0.1) is 5.56 Å². The van der Waals surface area contributed by atoms with Gasteiger partial charge in [0.1, 0.15) is 5.75 Å². The molecule has 0 heterocycles. The average molecular weight is 178 g/mol. The molecule has 1 aromatic carbocycles. The van der Waals surface area contributed by atoms with Crippen molar-refractivity contribution >= 4 is 12.0 Å². The third-order valence-corrected chi connectivity index (χ3v) is 1.92. The molecule has 1 aromatic rings. The van der Waals surface area contributed by atoms with Crippen LogP contribution in [0.4, 0.5) is 0 Å². The van der Waals surface area contributed by atoms with Crippen LogP contribution < -0.4 is 0 Å². The number of phenols is 1. The first-order valence-electron chi connectivity index (χ1n) is 3.76. The van der Waals surface area contributed by atoms with Gasteiger partial charge in [-0.1, -0.05) is 12.7 Å². The van der Waals surface area contributed by atoms with Crippen LogP contribution in [0.1, 0.15) is 21.5 Å². The summed E-state index contributed by atoms with van der Waals surface area (Å²) in [7, 11) is 0. The van der Waals surface area contributed by atoms with Gasteiger partial charge in [-0.2, -0.15) is 0 Å². The van der Waals surface area contributed by atoms with Crippen molar-refractivity contribution in [3.63, 3.8) is 0 Å². The summed E-state index contributed by atoms with van der Waals surface area (Å²) < 4.78 is 0. The number of carboxylic acids is 1. The lowest BCUT2D eigenvalue weighted by molar-refractivity contribution is 0.0696. The molecule has 0 aliphatic heterocycles. The van der Waals surface area contributed by atoms with E-state index in [1.54, 1.807) is 6.92 Å². The van der Waals surface area contributed by atoms with Crippen molar-refractivity contribution in [3.8, 4) is 5.75 Å². The van der Waals surface area contributed by atoms with Crippen molar-refractivity contribution in [1.82, 2.24) is 0 Å². The number of hydrogen-bond acceptors (Lipinski definition) is 2. The van der Waals surface area contributed by atoms with Crippen LogP contribution in [0, 0.1) is 6.92 Å². The largest absolute Gasteiger partial charge is 0.508 e. The first-order chi connectivity index (χ1) is 6.07. The molecule has 0 saturated carbocycles. The second-order valence-corrected chi connectivity index (χ2v) is 2.68. The number of benzene rings is 1. The van der Waals surface area contributed by atoms with E-state index in [0.717, 1.165) is 0 Å². The van der Waals surface area contributed by atoms with E-state index in [9.17, 15) is 9.90 Å². The fourth-order valence-electron chi connectivity index (χ4n) is 1.17. The highest BCUT2D eigenvalue weighted by atomic mass is 16.4. The number of carbonyl (C=O) groups is 1. The van der Waals surface area contributed by atoms with Gasteiger partial charge in [-0.25, -0.2) is 4.79 Å². The summed E-state index contributed by atoms with van der Waals surface area (Å²) in [6.07, 6.45) is 1.43. The van der Waals surface area contributed by atoms with Gasteiger partial charge in [0.2, 0.25) is 0 Å². The van der Waals surface area contributed by atoms with Crippen LogP contribution in [0.25, 0.3) is 6.08 Å². The highest BCUT2D eigenvalue weighted by Gasteiger charge is 2.11. The molecule has 0 saturated heterocycles. The van der Waals surface area contributed by atoms with E-state index in [1.807, 2.05) is 0 Å². The van der Waals surface area contributed by atoms with E-state index in [1.165, 1.54) is 18.2 Å². The molecule has 0 fully saturated rings. The number of aromatic hydroxyl groups is 1. The Morgan fingerprint density at radius 3 is 2.62 bits per heavy atom. The maximum atomic E-state index is 10.7. The Kier molecular flexibility index (Phi) is 2.37. The molecule has 0 unspecified atom stereocenters. The van der Waals surface area contributed by atoms with Gasteiger partial charge in [-0.3, -0.25) is 0 Å². The van der Waals surface area contributed by atoms with Crippen molar-refractivity contribution in [2.75, 3.05) is 0 Å². The number of aromatic carboxylic acids is 1. The standard InChI is InChI=1S/C10H10O3/c1-3-7-6(2)9(11)5-4-8(7)10(12)13/h3-5,11H,1H2,2H3,(H,12,13). The van der Waals surface area contributed by atoms with Crippen molar-refractivity contribution < 1.29 is 15.0 Å². The smallest absolute Gasteiger partial charge is 0.336 e. The molecule has 3 nitrogen and oxygen atoms in total. The van der Waals surface area contributed by atoms with E-state index >= 15 is 0 Å². The molecule has 2 N–H and O–H groups in total. The predicted molar refractivity (Wildman–Crippen MR) is 49.9 cm³/mol. The highest BCUT2D eigenvalue weighted by Crippen LogP contribution is 2.24. The molecule has 0 bridgehead atoms. The monoisotopic (exact) mass is 178 g/mol. The van der Waals surface area contributed by atoms with Crippen LogP contribution in [0.15, 0.2) is 18.7 Å². The third kappa shape index (κ3) is 1.54. The van der Waals surface area contributed by atoms with Gasteiger partial charge in [-0.05, 0) is 30.2 Å². The van der Waals surface area contributed by atoms with Gasteiger partial charge in [0.15, 0.2) is 0 Å². The minimum Gasteiger partial charge on any atom is -0.508 e. The van der Waals surface area contributed by atoms with Crippen molar-refractivity contribution in [2.24, 2.45) is 0 Å². The first-order valence-corrected chi connectivity index (χ1v) is 3.76. The lowest BCUT2D eigenvalue weighted by atomic mass is 10.0. The lowest BCUT2D eigenvalue weighted by Crippen LogP contribution is -2.00. The van der Waals surface area contributed by atoms with E-state index in [2.05, 4.69) is 6.58 Å². The molecule has 0 spiro atoms. The Morgan fingerprint density at radius 1 is 1.54 bits per heavy atom. The van der Waals surface area contributed by atoms with Gasteiger partial charge in [-0.15, -0.1) is 0 Å². The van der Waals surface area contributed by atoms with Gasteiger partial charge >= 0.3 is 5.97 Å². The second-order valence-electron chi connectivity index (χ2n) is 2.68. The second kappa shape index (κ2) is 3.31. The molecule has 13 heavy (non-hydrogen) atoms. The van der Waals surface area contributed by atoms with Crippen LogP contribution in [-0.2, 0) is 0 Å². The van der Waals surface area contributed by atoms with Crippen LogP contribution in [0.3, 0.4) is 0 Å². The molecular weight excluding hydrogens is 168 g/mol. The van der Waals surface area contributed by atoms with Crippen molar-refractivity contribution in [3.05, 3.63) is 35.4 Å². The molecule has 0 amide bonds. The minimum absolute atomic E-state index is 0.0832. The SMILES string of the molecule is C=Cc1c(C(=O)O)ccc(O)c1C. The maximum Gasteiger partial charge on any atom is 0.336 e. The molecule has 0 atom stereocenters. The van der Waals surface area contributed by atoms with Gasteiger partial charge in [0, 0.05) is 0 Å². The average Bonchev–Trinajstić information content (AvgIpc) is 2.09. The zero-order valence-electron chi connectivity index (χ0n) is 7.24. The molecule has 0 radical (unpaired) electrons. The third-order valence-electron chi connectivity index (χ3n) is 1.92. The summed E-state index contributed by atoms with van der Waals surface area (Å²) in [5.74, 6) is -0.932. The van der Waals surface area contributed by atoms with Crippen LogP contribution in [0.5, 0.6) is 5.75 Å². The minimum atomic E-state index is -1.02. The number of rotatable bonds is 2. The van der Waals surface area contributed by atoms with Crippen LogP contribution >= 0.6 is 0 Å². The Labute approximate surface area is 76.0 Å². The number of phenolic OH excluding ortho intramolecular Hbond substituents is 1. The number of carboxylic acid groups (broad SMARTS) is 1. The molecule has 3 heteroatoms. The molecule has 68 valence electrons. The zero-order valence-corrected chi connectivity index (χ0v) is 7.24. The van der Waals surface area contributed by atoms with Crippen molar-refractivity contribution in [2.45, 2.75) is 6.92 Å². The molecule has 0 aliphatic carbocycles. The summed E-state index contributed by atoms with van der Waals surface area (Å²) in [6, 6.07) is 2.73. The Morgan fingerprint density at radius 2 is 2.15 bits per heavy atom. The normalized spacial score (nSPS) is 9.62. The fourth-order valence-corrected chi connectivity index (χ4v) is 1.17. The van der Waals surface area contributed by atoms with Gasteiger partial charge < -0.3 is 10.2 Å². The van der Waals surface area contributed by atoms with Crippen LogP contribution in [0.2, 0.25) is 0 Å².